The lowest BCUT2D eigenvalue weighted by Crippen LogP contribution is -1.87. The van der Waals surface area contributed by atoms with Gasteiger partial charge in [-0.1, -0.05) is 129 Å². The van der Waals surface area contributed by atoms with E-state index in [0.29, 0.717) is 0 Å². The summed E-state index contributed by atoms with van der Waals surface area (Å²) < 4.78 is 0. The summed E-state index contributed by atoms with van der Waals surface area (Å²) in [5.74, 6) is 0. The zero-order valence-corrected chi connectivity index (χ0v) is 25.2. The fourth-order valence-electron chi connectivity index (χ4n) is 5.23. The van der Waals surface area contributed by atoms with E-state index in [1.807, 2.05) is 22.7 Å². The average molecular weight is 517 g/mol. The highest BCUT2D eigenvalue weighted by molar-refractivity contribution is 7.21. The number of rotatable bonds is 23. The van der Waals surface area contributed by atoms with Crippen LogP contribution < -0.4 is 0 Å². The topological polar surface area (TPSA) is 0 Å². The van der Waals surface area contributed by atoms with Crippen LogP contribution in [-0.4, -0.2) is 0 Å². The van der Waals surface area contributed by atoms with E-state index in [1.54, 1.807) is 20.9 Å². The van der Waals surface area contributed by atoms with E-state index < -0.39 is 0 Å². The number of unbranched alkanes of at least 4 members (excludes halogenated alkanes) is 18. The van der Waals surface area contributed by atoms with Gasteiger partial charge in [0.15, 0.2) is 0 Å². The maximum atomic E-state index is 2.53. The van der Waals surface area contributed by atoms with Gasteiger partial charge < -0.3 is 0 Å². The molecule has 0 fully saturated rings. The first kappa shape index (κ1) is 30.6. The van der Waals surface area contributed by atoms with Gasteiger partial charge in [0, 0.05) is 14.6 Å². The molecule has 0 N–H and O–H groups in total. The zero-order chi connectivity index (χ0) is 25.0. The molecule has 2 aromatic rings. The monoisotopic (exact) mass is 516 g/mol. The summed E-state index contributed by atoms with van der Waals surface area (Å²) in [6.45, 7) is 6.95. The molecule has 0 aliphatic heterocycles. The minimum absolute atomic E-state index is 1.26. The van der Waals surface area contributed by atoms with E-state index >= 15 is 0 Å². The molecule has 2 rings (SSSR count). The Morgan fingerprint density at radius 3 is 1.46 bits per heavy atom. The van der Waals surface area contributed by atoms with Crippen molar-refractivity contribution in [2.75, 3.05) is 0 Å². The Morgan fingerprint density at radius 2 is 0.971 bits per heavy atom. The number of thiophene rings is 2. The molecule has 0 nitrogen and oxygen atoms in total. The first-order chi connectivity index (χ1) is 17.3. The molecule has 0 unspecified atom stereocenters. The summed E-state index contributed by atoms with van der Waals surface area (Å²) in [4.78, 5) is 4.64. The Bertz CT molecular complexity index is 738. The van der Waals surface area contributed by atoms with E-state index in [1.165, 1.54) is 146 Å². The molecule has 2 aromatic heterocycles. The third-order valence-electron chi connectivity index (χ3n) is 7.59. The normalized spacial score (nSPS) is 11.5. The molecule has 2 heterocycles. The van der Waals surface area contributed by atoms with Gasteiger partial charge in [0.25, 0.3) is 0 Å². The second kappa shape index (κ2) is 20.5. The van der Waals surface area contributed by atoms with Crippen LogP contribution in [0.15, 0.2) is 17.5 Å². The highest BCUT2D eigenvalue weighted by Crippen LogP contribution is 2.38. The van der Waals surface area contributed by atoms with Crippen molar-refractivity contribution in [2.24, 2.45) is 0 Å². The molecule has 0 bridgehead atoms. The van der Waals surface area contributed by atoms with Gasteiger partial charge in [-0.25, -0.2) is 0 Å². The SMILES string of the molecule is CCCCCCCCCCCCc1cc(-c2sccc2CCCCCCCCCCCC)sc1C. The second-order valence-corrected chi connectivity index (χ2v) is 13.0. The molecule has 2 heteroatoms. The third-order valence-corrected chi connectivity index (χ3v) is 9.82. The van der Waals surface area contributed by atoms with E-state index in [4.69, 9.17) is 0 Å². The van der Waals surface area contributed by atoms with Crippen LogP contribution in [0.3, 0.4) is 0 Å². The highest BCUT2D eigenvalue weighted by atomic mass is 32.1. The summed E-state index contributed by atoms with van der Waals surface area (Å²) in [6.07, 6.45) is 31.0. The first-order valence-corrected chi connectivity index (χ1v) is 17.1. The quantitative estimate of drug-likeness (QED) is 0.129. The first-order valence-electron chi connectivity index (χ1n) is 15.4. The number of hydrogen-bond donors (Lipinski definition) is 0. The van der Waals surface area contributed by atoms with Crippen LogP contribution in [-0.2, 0) is 12.8 Å². The lowest BCUT2D eigenvalue weighted by atomic mass is 10.0. The molecular formula is C33H56S2. The van der Waals surface area contributed by atoms with Gasteiger partial charge >= 0.3 is 0 Å². The molecule has 200 valence electrons. The summed E-state index contributed by atoms with van der Waals surface area (Å²) in [5.41, 5.74) is 3.21. The molecule has 0 aromatic carbocycles. The van der Waals surface area contributed by atoms with Crippen LogP contribution in [0.25, 0.3) is 9.75 Å². The number of aryl methyl sites for hydroxylation is 3. The van der Waals surface area contributed by atoms with Crippen molar-refractivity contribution >= 4 is 22.7 Å². The van der Waals surface area contributed by atoms with Crippen molar-refractivity contribution in [3.8, 4) is 9.75 Å². The van der Waals surface area contributed by atoms with Crippen molar-refractivity contribution in [3.63, 3.8) is 0 Å². The number of hydrogen-bond acceptors (Lipinski definition) is 2. The predicted molar refractivity (Wildman–Crippen MR) is 163 cm³/mol. The largest absolute Gasteiger partial charge is 0.143 e. The molecule has 35 heavy (non-hydrogen) atoms. The van der Waals surface area contributed by atoms with Gasteiger partial charge in [0.1, 0.15) is 0 Å². The minimum atomic E-state index is 1.26. The summed E-state index contributed by atoms with van der Waals surface area (Å²) >= 11 is 4.00. The van der Waals surface area contributed by atoms with Crippen molar-refractivity contribution in [3.05, 3.63) is 33.5 Å². The van der Waals surface area contributed by atoms with Crippen LogP contribution in [0.5, 0.6) is 0 Å². The van der Waals surface area contributed by atoms with Crippen LogP contribution in [0.1, 0.15) is 158 Å². The molecule has 0 radical (unpaired) electrons. The Balaban J connectivity index is 1.61. The van der Waals surface area contributed by atoms with Crippen LogP contribution in [0.2, 0.25) is 0 Å². The highest BCUT2D eigenvalue weighted by Gasteiger charge is 2.12. The average Bonchev–Trinajstić information content (AvgIpc) is 3.47. The van der Waals surface area contributed by atoms with Gasteiger partial charge in [0.2, 0.25) is 0 Å². The summed E-state index contributed by atoms with van der Waals surface area (Å²) in [6, 6.07) is 4.92. The van der Waals surface area contributed by atoms with E-state index in [9.17, 15) is 0 Å². The van der Waals surface area contributed by atoms with Crippen molar-refractivity contribution in [2.45, 2.75) is 162 Å². The molecule has 0 spiro atoms. The van der Waals surface area contributed by atoms with Gasteiger partial charge in [-0.05, 0) is 61.2 Å². The molecule has 0 aliphatic rings. The fourth-order valence-corrected chi connectivity index (χ4v) is 7.42. The lowest BCUT2D eigenvalue weighted by Gasteiger charge is -2.04. The molecule has 0 aliphatic carbocycles. The van der Waals surface area contributed by atoms with Gasteiger partial charge in [-0.2, -0.15) is 0 Å². The Kier molecular flexibility index (Phi) is 17.9. The van der Waals surface area contributed by atoms with Crippen molar-refractivity contribution in [1.82, 2.24) is 0 Å². The van der Waals surface area contributed by atoms with Crippen molar-refractivity contribution in [1.29, 1.82) is 0 Å². The van der Waals surface area contributed by atoms with Crippen molar-refractivity contribution < 1.29 is 0 Å². The Hall–Kier alpha value is -0.600. The predicted octanol–water partition coefficient (Wildman–Crippen LogP) is 12.7. The Labute approximate surface area is 227 Å². The summed E-state index contributed by atoms with van der Waals surface area (Å²) in [7, 11) is 0. The van der Waals surface area contributed by atoms with Gasteiger partial charge in [0.05, 0.1) is 0 Å². The molecular weight excluding hydrogens is 460 g/mol. The molecule has 0 atom stereocenters. The fraction of sp³-hybridized carbons (Fsp3) is 0.758. The van der Waals surface area contributed by atoms with Crippen LogP contribution >= 0.6 is 22.7 Å². The molecule has 0 saturated carbocycles. The second-order valence-electron chi connectivity index (χ2n) is 10.8. The minimum Gasteiger partial charge on any atom is -0.143 e. The van der Waals surface area contributed by atoms with Gasteiger partial charge in [-0.3, -0.25) is 0 Å². The third kappa shape index (κ3) is 13.5. The van der Waals surface area contributed by atoms with E-state index in [-0.39, 0.29) is 0 Å². The Morgan fingerprint density at radius 1 is 0.543 bits per heavy atom. The molecule has 0 saturated heterocycles. The smallest absolute Gasteiger partial charge is 0.0474 e. The van der Waals surface area contributed by atoms with Gasteiger partial charge in [-0.15, -0.1) is 22.7 Å². The zero-order valence-electron chi connectivity index (χ0n) is 23.6. The van der Waals surface area contributed by atoms with E-state index in [2.05, 4.69) is 38.3 Å². The maximum absolute atomic E-state index is 2.53. The molecule has 0 amide bonds. The lowest BCUT2D eigenvalue weighted by molar-refractivity contribution is 0.556. The van der Waals surface area contributed by atoms with E-state index in [0.717, 1.165) is 0 Å². The summed E-state index contributed by atoms with van der Waals surface area (Å²) in [5, 5.41) is 2.32. The van der Waals surface area contributed by atoms with Crippen LogP contribution in [0, 0.1) is 6.92 Å². The maximum Gasteiger partial charge on any atom is 0.0474 e. The standard InChI is InChI=1S/C33H56S2/c1-4-6-8-10-12-14-16-18-20-22-24-30-26-27-34-33(30)32-28-31(29(3)35-32)25-23-21-19-17-15-13-11-9-7-5-2/h26-28H,4-25H2,1-3H3. The van der Waals surface area contributed by atoms with Crippen LogP contribution in [0.4, 0.5) is 0 Å².